The predicted molar refractivity (Wildman–Crippen MR) is 77.0 cm³/mol. The summed E-state index contributed by atoms with van der Waals surface area (Å²) in [6.45, 7) is 0.606. The fourth-order valence-corrected chi connectivity index (χ4v) is 2.14. The van der Waals surface area contributed by atoms with Gasteiger partial charge in [-0.1, -0.05) is 18.2 Å². The average molecular weight is 332 g/mol. The Bertz CT molecular complexity index is 545. The van der Waals surface area contributed by atoms with Crippen molar-refractivity contribution in [3.8, 4) is 5.75 Å². The quantitative estimate of drug-likeness (QED) is 0.717. The van der Waals surface area contributed by atoms with E-state index in [9.17, 15) is 18.0 Å². The molecule has 1 aliphatic carbocycles. The zero-order chi connectivity index (χ0) is 16.9. The van der Waals surface area contributed by atoms with Crippen molar-refractivity contribution in [1.29, 1.82) is 0 Å². The van der Waals surface area contributed by atoms with E-state index < -0.39 is 12.4 Å². The first-order chi connectivity index (χ1) is 10.8. The Balaban J connectivity index is 1.76. The summed E-state index contributed by atoms with van der Waals surface area (Å²) >= 11 is 0. The highest BCUT2D eigenvalue weighted by Gasteiger charge is 2.42. The standard InChI is InChI=1S/C15H19F3N2O3/c16-15(17,18)23-12-4-2-1-3-11(12)5-8-19-13(22)20-9-14(10-21)6-7-14/h1-4,21H,5-10H2,(H2,19,20,22). The summed E-state index contributed by atoms with van der Waals surface area (Å²) in [5, 5.41) is 14.4. The maximum Gasteiger partial charge on any atom is 0.573 e. The second-order valence-corrected chi connectivity index (χ2v) is 5.67. The summed E-state index contributed by atoms with van der Waals surface area (Å²) in [5.74, 6) is -0.264. The van der Waals surface area contributed by atoms with E-state index in [0.717, 1.165) is 12.8 Å². The number of aliphatic hydroxyl groups excluding tert-OH is 1. The highest BCUT2D eigenvalue weighted by Crippen LogP contribution is 2.44. The van der Waals surface area contributed by atoms with Gasteiger partial charge in [0.2, 0.25) is 0 Å². The zero-order valence-corrected chi connectivity index (χ0v) is 12.4. The van der Waals surface area contributed by atoms with Gasteiger partial charge in [-0.15, -0.1) is 13.2 Å². The highest BCUT2D eigenvalue weighted by molar-refractivity contribution is 5.73. The third-order valence-electron chi connectivity index (χ3n) is 3.79. The van der Waals surface area contributed by atoms with Gasteiger partial charge in [0.15, 0.2) is 0 Å². The average Bonchev–Trinajstić information content (AvgIpc) is 3.26. The van der Waals surface area contributed by atoms with Crippen LogP contribution in [0.5, 0.6) is 5.75 Å². The number of carbonyl (C=O) groups is 1. The molecule has 1 fully saturated rings. The van der Waals surface area contributed by atoms with Gasteiger partial charge in [-0.25, -0.2) is 4.79 Å². The van der Waals surface area contributed by atoms with E-state index in [-0.39, 0.29) is 30.7 Å². The number of hydrogen-bond acceptors (Lipinski definition) is 3. The SMILES string of the molecule is O=C(NCCc1ccccc1OC(F)(F)F)NCC1(CO)CC1. The summed E-state index contributed by atoms with van der Waals surface area (Å²) in [5.41, 5.74) is 0.170. The monoisotopic (exact) mass is 332 g/mol. The lowest BCUT2D eigenvalue weighted by molar-refractivity contribution is -0.274. The van der Waals surface area contributed by atoms with E-state index >= 15 is 0 Å². The van der Waals surface area contributed by atoms with E-state index in [4.69, 9.17) is 5.11 Å². The minimum atomic E-state index is -4.75. The van der Waals surface area contributed by atoms with Gasteiger partial charge < -0.3 is 20.5 Å². The normalized spacial score (nSPS) is 15.8. The Morgan fingerprint density at radius 3 is 2.57 bits per heavy atom. The minimum Gasteiger partial charge on any atom is -0.406 e. The number of urea groups is 1. The first-order valence-electron chi connectivity index (χ1n) is 7.30. The van der Waals surface area contributed by atoms with Gasteiger partial charge in [0, 0.05) is 18.5 Å². The predicted octanol–water partition coefficient (Wildman–Crippen LogP) is 2.20. The number of rotatable bonds is 7. The van der Waals surface area contributed by atoms with Crippen molar-refractivity contribution in [2.24, 2.45) is 5.41 Å². The Morgan fingerprint density at radius 1 is 1.26 bits per heavy atom. The number of benzene rings is 1. The molecule has 0 heterocycles. The summed E-state index contributed by atoms with van der Waals surface area (Å²) in [4.78, 5) is 11.6. The maximum atomic E-state index is 12.3. The van der Waals surface area contributed by atoms with Crippen LogP contribution < -0.4 is 15.4 Å². The van der Waals surface area contributed by atoms with Gasteiger partial charge >= 0.3 is 12.4 Å². The molecule has 0 atom stereocenters. The van der Waals surface area contributed by atoms with Crippen LogP contribution in [0.2, 0.25) is 0 Å². The largest absolute Gasteiger partial charge is 0.573 e. The lowest BCUT2D eigenvalue weighted by Crippen LogP contribution is -2.40. The second-order valence-electron chi connectivity index (χ2n) is 5.67. The molecule has 0 spiro atoms. The Labute approximate surface area is 131 Å². The van der Waals surface area contributed by atoms with Crippen molar-refractivity contribution in [3.05, 3.63) is 29.8 Å². The lowest BCUT2D eigenvalue weighted by atomic mass is 10.1. The topological polar surface area (TPSA) is 70.6 Å². The van der Waals surface area contributed by atoms with Gasteiger partial charge in [-0.3, -0.25) is 0 Å². The van der Waals surface area contributed by atoms with Crippen molar-refractivity contribution in [2.75, 3.05) is 19.7 Å². The third-order valence-corrected chi connectivity index (χ3v) is 3.79. The van der Waals surface area contributed by atoms with Crippen LogP contribution in [0.4, 0.5) is 18.0 Å². The van der Waals surface area contributed by atoms with Crippen LogP contribution in [0.25, 0.3) is 0 Å². The van der Waals surface area contributed by atoms with Crippen molar-refractivity contribution in [3.63, 3.8) is 0 Å². The first kappa shape index (κ1) is 17.4. The molecule has 0 aliphatic heterocycles. The fourth-order valence-electron chi connectivity index (χ4n) is 2.14. The molecule has 0 unspecified atom stereocenters. The van der Waals surface area contributed by atoms with E-state index in [2.05, 4.69) is 15.4 Å². The summed E-state index contributed by atoms with van der Waals surface area (Å²) in [6, 6.07) is 5.41. The smallest absolute Gasteiger partial charge is 0.406 e. The van der Waals surface area contributed by atoms with Crippen molar-refractivity contribution in [1.82, 2.24) is 10.6 Å². The van der Waals surface area contributed by atoms with Crippen LogP contribution in [-0.4, -0.2) is 37.2 Å². The number of aliphatic hydroxyl groups is 1. The molecule has 3 N–H and O–H groups in total. The minimum absolute atomic E-state index is 0.0371. The molecule has 2 amide bonds. The Morgan fingerprint density at radius 2 is 1.96 bits per heavy atom. The van der Waals surface area contributed by atoms with Crippen LogP contribution >= 0.6 is 0 Å². The molecule has 0 bridgehead atoms. The Hall–Kier alpha value is -1.96. The van der Waals surface area contributed by atoms with Crippen molar-refractivity contribution < 1.29 is 27.8 Å². The van der Waals surface area contributed by atoms with Crippen LogP contribution in [-0.2, 0) is 6.42 Å². The number of para-hydroxylation sites is 1. The molecule has 1 saturated carbocycles. The number of hydrogen-bond donors (Lipinski definition) is 3. The van der Waals surface area contributed by atoms with Crippen molar-refractivity contribution >= 4 is 6.03 Å². The maximum absolute atomic E-state index is 12.3. The molecule has 1 aromatic carbocycles. The molecule has 2 rings (SSSR count). The lowest BCUT2D eigenvalue weighted by Gasteiger charge is -2.15. The molecule has 1 aliphatic rings. The summed E-state index contributed by atoms with van der Waals surface area (Å²) < 4.78 is 40.9. The molecular weight excluding hydrogens is 313 g/mol. The van der Waals surface area contributed by atoms with Crippen LogP contribution in [0.3, 0.4) is 0 Å². The van der Waals surface area contributed by atoms with Gasteiger partial charge in [0.1, 0.15) is 5.75 Å². The van der Waals surface area contributed by atoms with Crippen LogP contribution in [0.1, 0.15) is 18.4 Å². The molecule has 0 aromatic heterocycles. The second kappa shape index (κ2) is 7.08. The number of amides is 2. The molecule has 128 valence electrons. The third kappa shape index (κ3) is 5.63. The number of halogens is 3. The molecule has 5 nitrogen and oxygen atoms in total. The van der Waals surface area contributed by atoms with Gasteiger partial charge in [0.25, 0.3) is 0 Å². The van der Waals surface area contributed by atoms with Gasteiger partial charge in [-0.05, 0) is 30.9 Å². The van der Waals surface area contributed by atoms with E-state index in [0.29, 0.717) is 12.1 Å². The molecule has 23 heavy (non-hydrogen) atoms. The van der Waals surface area contributed by atoms with E-state index in [1.54, 1.807) is 6.07 Å². The van der Waals surface area contributed by atoms with E-state index in [1.807, 2.05) is 0 Å². The molecule has 0 saturated heterocycles. The number of nitrogens with one attached hydrogen (secondary N) is 2. The summed E-state index contributed by atoms with van der Waals surface area (Å²) in [7, 11) is 0. The Kier molecular flexibility index (Phi) is 5.35. The molecule has 1 aromatic rings. The zero-order valence-electron chi connectivity index (χ0n) is 12.4. The fraction of sp³-hybridized carbons (Fsp3) is 0.533. The molecule has 0 radical (unpaired) electrons. The molecule has 8 heteroatoms. The van der Waals surface area contributed by atoms with Gasteiger partial charge in [0.05, 0.1) is 6.61 Å². The van der Waals surface area contributed by atoms with E-state index in [1.165, 1.54) is 18.2 Å². The summed E-state index contributed by atoms with van der Waals surface area (Å²) in [6.07, 6.45) is -2.77. The van der Waals surface area contributed by atoms with Gasteiger partial charge in [-0.2, -0.15) is 0 Å². The van der Waals surface area contributed by atoms with Crippen LogP contribution in [0.15, 0.2) is 24.3 Å². The highest BCUT2D eigenvalue weighted by atomic mass is 19.4. The number of ether oxygens (including phenoxy) is 1. The van der Waals surface area contributed by atoms with Crippen LogP contribution in [0, 0.1) is 5.41 Å². The molecular formula is C15H19F3N2O3. The number of carbonyl (C=O) groups excluding carboxylic acids is 1. The number of alkyl halides is 3. The van der Waals surface area contributed by atoms with Crippen molar-refractivity contribution in [2.45, 2.75) is 25.6 Å². The first-order valence-corrected chi connectivity index (χ1v) is 7.30.